The van der Waals surface area contributed by atoms with Crippen molar-refractivity contribution in [1.82, 2.24) is 15.1 Å². The number of halogens is 1. The van der Waals surface area contributed by atoms with Crippen LogP contribution in [0.2, 0.25) is 5.02 Å². The first-order valence-corrected chi connectivity index (χ1v) is 11.3. The molecule has 3 aliphatic heterocycles. The highest BCUT2D eigenvalue weighted by Crippen LogP contribution is 2.38. The third-order valence-corrected chi connectivity index (χ3v) is 6.77. The van der Waals surface area contributed by atoms with Crippen molar-refractivity contribution in [3.63, 3.8) is 0 Å². The maximum absolute atomic E-state index is 6.58. The highest BCUT2D eigenvalue weighted by molar-refractivity contribution is 6.31. The third kappa shape index (κ3) is 4.88. The maximum atomic E-state index is 6.58. The topological polar surface area (TPSA) is 49.3 Å². The lowest BCUT2D eigenvalue weighted by Gasteiger charge is -2.34. The number of benzene rings is 1. The van der Waals surface area contributed by atoms with E-state index in [-0.39, 0.29) is 6.04 Å². The number of hydrogen-bond acceptors (Lipinski definition) is 4. The Morgan fingerprint density at radius 2 is 2.00 bits per heavy atom. The zero-order valence-electron chi connectivity index (χ0n) is 17.4. The lowest BCUT2D eigenvalue weighted by atomic mass is 9.87. The van der Waals surface area contributed by atoms with Crippen LogP contribution in [0.15, 0.2) is 29.3 Å². The van der Waals surface area contributed by atoms with E-state index in [0.29, 0.717) is 12.0 Å². The summed E-state index contributed by atoms with van der Waals surface area (Å²) in [7, 11) is 0. The van der Waals surface area contributed by atoms with Crippen LogP contribution in [0.5, 0.6) is 0 Å². The predicted octanol–water partition coefficient (Wildman–Crippen LogP) is 2.79. The molecule has 1 N–H and O–H groups in total. The fourth-order valence-corrected chi connectivity index (χ4v) is 4.99. The molecule has 1 aromatic carbocycles. The average molecular weight is 421 g/mol. The number of nitrogens with one attached hydrogen (secondary N) is 1. The van der Waals surface area contributed by atoms with E-state index in [1.165, 1.54) is 12.8 Å². The Labute approximate surface area is 179 Å². The first kappa shape index (κ1) is 20.9. The van der Waals surface area contributed by atoms with Crippen molar-refractivity contribution in [2.45, 2.75) is 25.8 Å². The van der Waals surface area contributed by atoms with Crippen molar-refractivity contribution in [1.29, 1.82) is 0 Å². The molecule has 6 nitrogen and oxygen atoms in total. The molecule has 3 saturated heterocycles. The first-order chi connectivity index (χ1) is 14.2. The molecule has 2 unspecified atom stereocenters. The van der Waals surface area contributed by atoms with Crippen LogP contribution in [-0.4, -0.2) is 81.5 Å². The zero-order valence-corrected chi connectivity index (χ0v) is 18.2. The molecule has 160 valence electrons. The van der Waals surface area contributed by atoms with Gasteiger partial charge >= 0.3 is 0 Å². The van der Waals surface area contributed by atoms with Crippen molar-refractivity contribution in [2.24, 2.45) is 10.4 Å². The van der Waals surface area contributed by atoms with Crippen molar-refractivity contribution in [2.75, 3.05) is 65.7 Å². The molecule has 7 heteroatoms. The minimum absolute atomic E-state index is 0.160. The van der Waals surface area contributed by atoms with Crippen LogP contribution >= 0.6 is 11.6 Å². The molecule has 29 heavy (non-hydrogen) atoms. The Morgan fingerprint density at radius 3 is 2.72 bits per heavy atom. The summed E-state index contributed by atoms with van der Waals surface area (Å²) < 4.78 is 11.3. The Kier molecular flexibility index (Phi) is 6.96. The van der Waals surface area contributed by atoms with Crippen LogP contribution in [0.1, 0.15) is 31.4 Å². The summed E-state index contributed by atoms with van der Waals surface area (Å²) in [4.78, 5) is 9.96. The van der Waals surface area contributed by atoms with E-state index in [1.54, 1.807) is 0 Å². The minimum atomic E-state index is 0.160. The number of likely N-dealkylation sites (tertiary alicyclic amines) is 1. The van der Waals surface area contributed by atoms with Crippen molar-refractivity contribution >= 4 is 17.6 Å². The molecule has 0 amide bonds. The van der Waals surface area contributed by atoms with E-state index in [9.17, 15) is 0 Å². The second-order valence-electron chi connectivity index (χ2n) is 8.35. The molecule has 0 saturated carbocycles. The second kappa shape index (κ2) is 9.65. The Hall–Kier alpha value is -1.34. The Balaban J connectivity index is 1.53. The van der Waals surface area contributed by atoms with E-state index < -0.39 is 0 Å². The normalized spacial score (nSPS) is 27.0. The van der Waals surface area contributed by atoms with Crippen LogP contribution in [0.4, 0.5) is 0 Å². The van der Waals surface area contributed by atoms with Crippen LogP contribution in [0.25, 0.3) is 0 Å². The SMILES string of the molecule is CCNC(=NCC(c1ccccc1Cl)N1CCOCC1)N1CCC2(CCOC2)C1. The monoisotopic (exact) mass is 420 g/mol. The van der Waals surface area contributed by atoms with Gasteiger partial charge in [0.05, 0.1) is 32.4 Å². The summed E-state index contributed by atoms with van der Waals surface area (Å²) in [5, 5.41) is 4.33. The molecular weight excluding hydrogens is 388 g/mol. The average Bonchev–Trinajstić information content (AvgIpc) is 3.39. The lowest BCUT2D eigenvalue weighted by Crippen LogP contribution is -2.43. The number of ether oxygens (including phenoxy) is 2. The predicted molar refractivity (Wildman–Crippen MR) is 117 cm³/mol. The number of morpholine rings is 1. The fourth-order valence-electron chi connectivity index (χ4n) is 4.73. The molecule has 0 bridgehead atoms. The van der Waals surface area contributed by atoms with E-state index in [2.05, 4.69) is 34.2 Å². The van der Waals surface area contributed by atoms with Gasteiger partial charge in [0.15, 0.2) is 5.96 Å². The zero-order chi connectivity index (χ0) is 20.1. The van der Waals surface area contributed by atoms with Gasteiger partial charge in [0.1, 0.15) is 0 Å². The molecule has 0 aromatic heterocycles. The van der Waals surface area contributed by atoms with Gasteiger partial charge in [-0.3, -0.25) is 9.89 Å². The van der Waals surface area contributed by atoms with Crippen LogP contribution in [0, 0.1) is 5.41 Å². The molecule has 1 spiro atoms. The quantitative estimate of drug-likeness (QED) is 0.586. The van der Waals surface area contributed by atoms with Crippen LogP contribution in [-0.2, 0) is 9.47 Å². The summed E-state index contributed by atoms with van der Waals surface area (Å²) in [5.74, 6) is 1.02. The third-order valence-electron chi connectivity index (χ3n) is 6.42. The summed E-state index contributed by atoms with van der Waals surface area (Å²) >= 11 is 6.58. The molecule has 1 aromatic rings. The molecule has 4 rings (SSSR count). The van der Waals surface area contributed by atoms with Gasteiger partial charge in [-0.1, -0.05) is 29.8 Å². The van der Waals surface area contributed by atoms with Gasteiger partial charge in [0.2, 0.25) is 0 Å². The highest BCUT2D eigenvalue weighted by atomic mass is 35.5. The Bertz CT molecular complexity index is 702. The van der Waals surface area contributed by atoms with E-state index in [4.69, 9.17) is 26.1 Å². The standard InChI is InChI=1S/C22H33ClN4O2/c1-2-24-21(27-9-7-22(16-27)8-12-29-17-22)25-15-20(26-10-13-28-14-11-26)18-5-3-4-6-19(18)23/h3-6,20H,2,7-17H2,1H3,(H,24,25). The summed E-state index contributed by atoms with van der Waals surface area (Å²) in [6, 6.07) is 8.32. The maximum Gasteiger partial charge on any atom is 0.194 e. The fraction of sp³-hybridized carbons (Fsp3) is 0.682. The minimum Gasteiger partial charge on any atom is -0.381 e. The van der Waals surface area contributed by atoms with Crippen LogP contribution in [0.3, 0.4) is 0 Å². The summed E-state index contributed by atoms with van der Waals surface area (Å²) in [6.45, 7) is 10.9. The second-order valence-corrected chi connectivity index (χ2v) is 8.76. The van der Waals surface area contributed by atoms with Crippen molar-refractivity contribution in [3.8, 4) is 0 Å². The van der Waals surface area contributed by atoms with Gasteiger partial charge in [-0.05, 0) is 31.4 Å². The van der Waals surface area contributed by atoms with Gasteiger partial charge in [-0.15, -0.1) is 0 Å². The lowest BCUT2D eigenvalue weighted by molar-refractivity contribution is 0.0179. The molecule has 3 aliphatic rings. The van der Waals surface area contributed by atoms with E-state index >= 15 is 0 Å². The number of nitrogens with zero attached hydrogens (tertiary/aromatic N) is 3. The molecule has 2 atom stereocenters. The molecule has 0 radical (unpaired) electrons. The van der Waals surface area contributed by atoms with Crippen molar-refractivity contribution < 1.29 is 9.47 Å². The number of rotatable bonds is 5. The summed E-state index contributed by atoms with van der Waals surface area (Å²) in [5.41, 5.74) is 1.47. The smallest absolute Gasteiger partial charge is 0.194 e. The highest BCUT2D eigenvalue weighted by Gasteiger charge is 2.42. The molecule has 3 heterocycles. The molecule has 3 fully saturated rings. The first-order valence-electron chi connectivity index (χ1n) is 10.9. The molecule has 0 aliphatic carbocycles. The Morgan fingerprint density at radius 1 is 1.17 bits per heavy atom. The largest absolute Gasteiger partial charge is 0.381 e. The van der Waals surface area contributed by atoms with E-state index in [1.807, 2.05) is 12.1 Å². The van der Waals surface area contributed by atoms with Gasteiger partial charge in [-0.25, -0.2) is 0 Å². The van der Waals surface area contributed by atoms with Gasteiger partial charge < -0.3 is 19.7 Å². The van der Waals surface area contributed by atoms with E-state index in [0.717, 1.165) is 75.7 Å². The van der Waals surface area contributed by atoms with Gasteiger partial charge in [0, 0.05) is 49.8 Å². The molecular formula is C22H33ClN4O2. The summed E-state index contributed by atoms with van der Waals surface area (Å²) in [6.07, 6.45) is 2.35. The van der Waals surface area contributed by atoms with Crippen LogP contribution < -0.4 is 5.32 Å². The number of hydrogen-bond donors (Lipinski definition) is 1. The number of aliphatic imine (C=N–C) groups is 1. The van der Waals surface area contributed by atoms with Gasteiger partial charge in [0.25, 0.3) is 0 Å². The van der Waals surface area contributed by atoms with Gasteiger partial charge in [-0.2, -0.15) is 0 Å². The number of guanidine groups is 1. The van der Waals surface area contributed by atoms with Crippen molar-refractivity contribution in [3.05, 3.63) is 34.9 Å².